The van der Waals surface area contributed by atoms with E-state index in [1.807, 2.05) is 4.98 Å². The molecule has 20 heteroatoms. The van der Waals surface area contributed by atoms with Gasteiger partial charge in [-0.1, -0.05) is 78.1 Å². The number of carbonyl (C=O) groups is 2. The molecule has 15 atom stereocenters. The number of nitrogens with zero attached hydrogens (tertiary/aromatic N) is 1. The standard InChI is InChI=1S/C39H66N4O16/c1-20(2)14-12-10-8-6-4-5-7-9-11-13-15-25(47)41-28-32(52)29(49)23(56-38(28)59-37-27(40-21(3)45)31(51)30(50)24(19-44)57-37)18-22(46)35-33(53)34(54)36(58-35)43-17-16-26(48)42-39(43)55/h16-17,20,22-24,27-38,44,46,49-54H,4-15,18-19H2,1-3H3,(H,40,45)(H,41,47)(H,42,48,55). The average molecular weight is 847 g/mol. The van der Waals surface area contributed by atoms with E-state index in [9.17, 15) is 60.0 Å². The zero-order valence-electron chi connectivity index (χ0n) is 34.1. The second-order valence-corrected chi connectivity index (χ2v) is 16.4. The van der Waals surface area contributed by atoms with Gasteiger partial charge in [-0.25, -0.2) is 4.79 Å². The highest BCUT2D eigenvalue weighted by Crippen LogP contribution is 2.34. The quantitative estimate of drug-likeness (QED) is 0.0570. The average Bonchev–Trinajstić information content (AvgIpc) is 3.47. The van der Waals surface area contributed by atoms with E-state index >= 15 is 0 Å². The smallest absolute Gasteiger partial charge is 0.330 e. The molecule has 4 heterocycles. The van der Waals surface area contributed by atoms with Gasteiger partial charge in [0, 0.05) is 32.0 Å². The molecule has 0 aromatic carbocycles. The van der Waals surface area contributed by atoms with Gasteiger partial charge in [0.15, 0.2) is 18.8 Å². The summed E-state index contributed by atoms with van der Waals surface area (Å²) in [7, 11) is 0. The first kappa shape index (κ1) is 48.8. The molecule has 20 nitrogen and oxygen atoms in total. The summed E-state index contributed by atoms with van der Waals surface area (Å²) in [5.41, 5.74) is -1.67. The third-order valence-electron chi connectivity index (χ3n) is 11.2. The minimum absolute atomic E-state index is 0.0642. The molecule has 3 fully saturated rings. The molecule has 1 aromatic heterocycles. The maximum Gasteiger partial charge on any atom is 0.330 e. The van der Waals surface area contributed by atoms with Gasteiger partial charge in [-0.2, -0.15) is 0 Å². The van der Waals surface area contributed by atoms with Crippen molar-refractivity contribution in [2.24, 2.45) is 5.92 Å². The molecule has 3 aliphatic rings. The van der Waals surface area contributed by atoms with E-state index in [1.165, 1.54) is 38.5 Å². The number of aromatic nitrogens is 2. The van der Waals surface area contributed by atoms with Crippen molar-refractivity contribution in [3.05, 3.63) is 33.1 Å². The molecule has 0 radical (unpaired) electrons. The molecule has 4 rings (SSSR count). The summed E-state index contributed by atoms with van der Waals surface area (Å²) in [5, 5.41) is 91.6. The number of aliphatic hydroxyl groups is 8. The fraction of sp³-hybridized carbons (Fsp3) is 0.846. The van der Waals surface area contributed by atoms with E-state index in [0.29, 0.717) is 6.42 Å². The summed E-state index contributed by atoms with van der Waals surface area (Å²) in [6.07, 6.45) is -9.32. The van der Waals surface area contributed by atoms with Crippen molar-refractivity contribution in [2.45, 2.75) is 196 Å². The van der Waals surface area contributed by atoms with E-state index in [2.05, 4.69) is 24.5 Å². The Labute approximate surface area is 342 Å². The van der Waals surface area contributed by atoms with Gasteiger partial charge < -0.3 is 70.4 Å². The maximum absolute atomic E-state index is 13.2. The number of amides is 2. The highest BCUT2D eigenvalue weighted by atomic mass is 16.8. The highest BCUT2D eigenvalue weighted by Gasteiger charge is 2.53. The van der Waals surface area contributed by atoms with Crippen LogP contribution in [0.1, 0.15) is 110 Å². The second-order valence-electron chi connectivity index (χ2n) is 16.4. The van der Waals surface area contributed by atoms with E-state index < -0.39 is 128 Å². The third-order valence-corrected chi connectivity index (χ3v) is 11.2. The summed E-state index contributed by atoms with van der Waals surface area (Å²) >= 11 is 0. The lowest BCUT2D eigenvalue weighted by Crippen LogP contribution is -2.69. The number of carbonyl (C=O) groups excluding carboxylic acids is 2. The van der Waals surface area contributed by atoms with Crippen LogP contribution in [0, 0.1) is 5.92 Å². The molecule has 338 valence electrons. The number of ether oxygens (including phenoxy) is 4. The molecule has 1 aromatic rings. The molecule has 0 aliphatic carbocycles. The highest BCUT2D eigenvalue weighted by molar-refractivity contribution is 5.76. The maximum atomic E-state index is 13.2. The summed E-state index contributed by atoms with van der Waals surface area (Å²) < 4.78 is 24.2. The summed E-state index contributed by atoms with van der Waals surface area (Å²) in [5.74, 6) is -0.425. The normalized spacial score (nSPS) is 34.2. The van der Waals surface area contributed by atoms with Crippen molar-refractivity contribution >= 4 is 11.8 Å². The molecule has 59 heavy (non-hydrogen) atoms. The van der Waals surface area contributed by atoms with E-state index in [1.54, 1.807) is 0 Å². The zero-order valence-corrected chi connectivity index (χ0v) is 34.1. The van der Waals surface area contributed by atoms with Crippen molar-refractivity contribution in [3.8, 4) is 0 Å². The fourth-order valence-electron chi connectivity index (χ4n) is 7.86. The lowest BCUT2D eigenvalue weighted by molar-refractivity contribution is -0.347. The van der Waals surface area contributed by atoms with Gasteiger partial charge in [-0.05, 0) is 12.3 Å². The molecule has 15 unspecified atom stereocenters. The molecule has 11 N–H and O–H groups in total. The molecule has 0 bridgehead atoms. The monoisotopic (exact) mass is 846 g/mol. The third kappa shape index (κ3) is 13.6. The molecule has 3 saturated heterocycles. The summed E-state index contributed by atoms with van der Waals surface area (Å²) in [6.45, 7) is 4.84. The topological polar surface area (TPSA) is 312 Å². The van der Waals surface area contributed by atoms with Gasteiger partial charge in [0.25, 0.3) is 5.56 Å². The molecule has 0 spiro atoms. The number of H-pyrrole nitrogens is 1. The van der Waals surface area contributed by atoms with E-state index in [4.69, 9.17) is 18.9 Å². The van der Waals surface area contributed by atoms with E-state index in [-0.39, 0.29) is 6.42 Å². The van der Waals surface area contributed by atoms with Crippen LogP contribution in [0.5, 0.6) is 0 Å². The lowest BCUT2D eigenvalue weighted by atomic mass is 9.91. The Balaban J connectivity index is 1.42. The largest absolute Gasteiger partial charge is 0.394 e. The van der Waals surface area contributed by atoms with Gasteiger partial charge in [-0.3, -0.25) is 23.9 Å². The van der Waals surface area contributed by atoms with Crippen LogP contribution in [0.15, 0.2) is 21.9 Å². The Morgan fingerprint density at radius 3 is 1.86 bits per heavy atom. The van der Waals surface area contributed by atoms with Gasteiger partial charge in [0.05, 0.1) is 18.8 Å². The predicted octanol–water partition coefficient (Wildman–Crippen LogP) is -1.86. The Morgan fingerprint density at radius 1 is 0.763 bits per heavy atom. The fourth-order valence-corrected chi connectivity index (χ4v) is 7.86. The lowest BCUT2D eigenvalue weighted by Gasteiger charge is -2.47. The Bertz CT molecular complexity index is 1560. The summed E-state index contributed by atoms with van der Waals surface area (Å²) in [6, 6.07) is -1.94. The Morgan fingerprint density at radius 2 is 1.31 bits per heavy atom. The first-order valence-corrected chi connectivity index (χ1v) is 20.9. The first-order valence-electron chi connectivity index (χ1n) is 20.9. The number of unbranched alkanes of at least 4 members (excludes halogenated alkanes) is 9. The molecule has 2 amide bonds. The summed E-state index contributed by atoms with van der Waals surface area (Å²) in [4.78, 5) is 51.2. The van der Waals surface area contributed by atoms with Gasteiger partial charge in [0.2, 0.25) is 11.8 Å². The van der Waals surface area contributed by atoms with Crippen molar-refractivity contribution in [2.75, 3.05) is 6.61 Å². The van der Waals surface area contributed by atoms with Crippen molar-refractivity contribution in [3.63, 3.8) is 0 Å². The van der Waals surface area contributed by atoms with Crippen molar-refractivity contribution < 1.29 is 69.4 Å². The van der Waals surface area contributed by atoms with Gasteiger partial charge >= 0.3 is 5.69 Å². The first-order chi connectivity index (χ1) is 28.0. The SMILES string of the molecule is CC(=O)NC1C(OC2OC(CC(O)C3OC(n4ccc(=O)[nH]c4=O)C(O)C3O)C(O)C(O)C2NC(=O)CCCCCCCCCCCCC(C)C)OC(CO)C(O)C1O. The van der Waals surface area contributed by atoms with Crippen LogP contribution >= 0.6 is 0 Å². The van der Waals surface area contributed by atoms with Crippen LogP contribution in [0.2, 0.25) is 0 Å². The number of hydrogen-bond acceptors (Lipinski definition) is 16. The molecule has 3 aliphatic heterocycles. The van der Waals surface area contributed by atoms with Crippen molar-refractivity contribution in [1.82, 2.24) is 20.2 Å². The van der Waals surface area contributed by atoms with E-state index in [0.717, 1.165) is 55.4 Å². The van der Waals surface area contributed by atoms with Gasteiger partial charge in [0.1, 0.15) is 60.9 Å². The number of rotatable bonds is 22. The minimum atomic E-state index is -1.82. The number of aliphatic hydroxyl groups excluding tert-OH is 8. The van der Waals surface area contributed by atoms with Crippen LogP contribution in [-0.4, -0.2) is 155 Å². The minimum Gasteiger partial charge on any atom is -0.394 e. The van der Waals surface area contributed by atoms with Crippen LogP contribution in [0.3, 0.4) is 0 Å². The Hall–Kier alpha value is -2.86. The van der Waals surface area contributed by atoms with Crippen LogP contribution in [-0.2, 0) is 28.5 Å². The van der Waals surface area contributed by atoms with Crippen LogP contribution in [0.25, 0.3) is 0 Å². The van der Waals surface area contributed by atoms with Crippen molar-refractivity contribution in [1.29, 1.82) is 0 Å². The zero-order chi connectivity index (χ0) is 43.4. The van der Waals surface area contributed by atoms with Gasteiger partial charge in [-0.15, -0.1) is 0 Å². The molecular formula is C39H66N4O16. The Kier molecular flexibility index (Phi) is 19.3. The molecular weight excluding hydrogens is 780 g/mol. The predicted molar refractivity (Wildman–Crippen MR) is 207 cm³/mol. The molecule has 0 saturated carbocycles. The second kappa shape index (κ2) is 23.4. The van der Waals surface area contributed by atoms with Crippen LogP contribution in [0.4, 0.5) is 0 Å². The van der Waals surface area contributed by atoms with Crippen LogP contribution < -0.4 is 21.9 Å². The number of nitrogens with one attached hydrogen (secondary N) is 3. The number of aromatic amines is 1. The number of hydrogen-bond donors (Lipinski definition) is 11.